The Morgan fingerprint density at radius 2 is 2.33 bits per heavy atom. The summed E-state index contributed by atoms with van der Waals surface area (Å²) in [4.78, 5) is 6.49. The molecule has 4 N–H and O–H groups in total. The van der Waals surface area contributed by atoms with Gasteiger partial charge in [0, 0.05) is 18.3 Å². The standard InChI is InChI=1S/C13H20N4O/c14-13(15)10-5-6-16-12(8-10)17-7-3-1-2-4-11(17)9-18/h5-6,8,11,18H,1-4,7,9H2,(H3,14,15). The molecule has 5 heteroatoms. The van der Waals surface area contributed by atoms with Crippen LogP contribution in [0.15, 0.2) is 18.3 Å². The van der Waals surface area contributed by atoms with E-state index >= 15 is 0 Å². The molecule has 1 aromatic heterocycles. The number of nitrogens with zero attached hydrogens (tertiary/aromatic N) is 2. The highest BCUT2D eigenvalue weighted by molar-refractivity contribution is 5.95. The number of aliphatic hydroxyl groups is 1. The van der Waals surface area contributed by atoms with E-state index in [1.54, 1.807) is 12.3 Å². The van der Waals surface area contributed by atoms with Crippen LogP contribution in [0.5, 0.6) is 0 Å². The van der Waals surface area contributed by atoms with Gasteiger partial charge in [0.2, 0.25) is 0 Å². The van der Waals surface area contributed by atoms with E-state index in [1.165, 1.54) is 6.42 Å². The van der Waals surface area contributed by atoms with Crippen molar-refractivity contribution < 1.29 is 5.11 Å². The van der Waals surface area contributed by atoms with Crippen molar-refractivity contribution in [3.05, 3.63) is 23.9 Å². The molecular weight excluding hydrogens is 228 g/mol. The van der Waals surface area contributed by atoms with Gasteiger partial charge in [0.1, 0.15) is 11.7 Å². The first-order valence-corrected chi connectivity index (χ1v) is 6.40. The molecule has 0 radical (unpaired) electrons. The first kappa shape index (κ1) is 12.8. The second-order valence-corrected chi connectivity index (χ2v) is 4.70. The minimum absolute atomic E-state index is 0.0500. The first-order chi connectivity index (χ1) is 8.72. The zero-order chi connectivity index (χ0) is 13.0. The van der Waals surface area contributed by atoms with Gasteiger partial charge in [-0.2, -0.15) is 0 Å². The van der Waals surface area contributed by atoms with E-state index in [-0.39, 0.29) is 18.5 Å². The molecule has 2 rings (SSSR count). The third-order valence-electron chi connectivity index (χ3n) is 3.44. The zero-order valence-electron chi connectivity index (χ0n) is 10.5. The average molecular weight is 248 g/mol. The van der Waals surface area contributed by atoms with Crippen molar-refractivity contribution in [1.82, 2.24) is 4.98 Å². The van der Waals surface area contributed by atoms with Crippen molar-refractivity contribution in [1.29, 1.82) is 5.41 Å². The molecule has 0 saturated carbocycles. The van der Waals surface area contributed by atoms with Crippen molar-refractivity contribution in [3.8, 4) is 0 Å². The van der Waals surface area contributed by atoms with Crippen LogP contribution in [0.25, 0.3) is 0 Å². The maximum atomic E-state index is 9.49. The predicted octanol–water partition coefficient (Wildman–Crippen LogP) is 1.11. The Labute approximate surface area is 107 Å². The van der Waals surface area contributed by atoms with Gasteiger partial charge in [-0.05, 0) is 25.0 Å². The zero-order valence-corrected chi connectivity index (χ0v) is 10.5. The van der Waals surface area contributed by atoms with Gasteiger partial charge in [-0.1, -0.05) is 12.8 Å². The highest BCUT2D eigenvalue weighted by atomic mass is 16.3. The van der Waals surface area contributed by atoms with Gasteiger partial charge < -0.3 is 15.7 Å². The summed E-state index contributed by atoms with van der Waals surface area (Å²) < 4.78 is 0. The fraction of sp³-hybridized carbons (Fsp3) is 0.538. The lowest BCUT2D eigenvalue weighted by molar-refractivity contribution is 0.254. The topological polar surface area (TPSA) is 86.2 Å². The molecule has 1 saturated heterocycles. The van der Waals surface area contributed by atoms with E-state index in [0.717, 1.165) is 31.6 Å². The van der Waals surface area contributed by atoms with Gasteiger partial charge in [-0.15, -0.1) is 0 Å². The summed E-state index contributed by atoms with van der Waals surface area (Å²) in [5, 5.41) is 17.0. The average Bonchev–Trinajstić information content (AvgIpc) is 2.63. The van der Waals surface area contributed by atoms with Crippen molar-refractivity contribution in [2.24, 2.45) is 5.73 Å². The fourth-order valence-corrected chi connectivity index (χ4v) is 2.41. The lowest BCUT2D eigenvalue weighted by atomic mass is 10.1. The molecule has 98 valence electrons. The second-order valence-electron chi connectivity index (χ2n) is 4.70. The number of nitrogen functional groups attached to an aromatic ring is 1. The summed E-state index contributed by atoms with van der Waals surface area (Å²) in [6.07, 6.45) is 6.11. The Morgan fingerprint density at radius 3 is 3.06 bits per heavy atom. The number of anilines is 1. The van der Waals surface area contributed by atoms with Crippen LogP contribution >= 0.6 is 0 Å². The maximum Gasteiger partial charge on any atom is 0.129 e. The molecule has 1 aliphatic heterocycles. The van der Waals surface area contributed by atoms with Crippen LogP contribution < -0.4 is 10.6 Å². The van der Waals surface area contributed by atoms with E-state index in [9.17, 15) is 5.11 Å². The van der Waals surface area contributed by atoms with Crippen LogP contribution in [0.4, 0.5) is 5.82 Å². The number of pyridine rings is 1. The molecule has 0 aliphatic carbocycles. The molecule has 1 aliphatic rings. The third-order valence-corrected chi connectivity index (χ3v) is 3.44. The van der Waals surface area contributed by atoms with Gasteiger partial charge in [-0.3, -0.25) is 5.41 Å². The first-order valence-electron chi connectivity index (χ1n) is 6.40. The van der Waals surface area contributed by atoms with Crippen molar-refractivity contribution in [2.75, 3.05) is 18.1 Å². The van der Waals surface area contributed by atoms with Crippen molar-refractivity contribution in [3.63, 3.8) is 0 Å². The van der Waals surface area contributed by atoms with E-state index in [0.29, 0.717) is 5.56 Å². The Bertz CT molecular complexity index is 421. The van der Waals surface area contributed by atoms with Crippen LogP contribution in [0.1, 0.15) is 31.2 Å². The number of hydrogen-bond donors (Lipinski definition) is 3. The van der Waals surface area contributed by atoms with E-state index in [2.05, 4.69) is 9.88 Å². The number of aliphatic hydroxyl groups excluding tert-OH is 1. The summed E-state index contributed by atoms with van der Waals surface area (Å²) >= 11 is 0. The molecule has 1 atom stereocenters. The van der Waals surface area contributed by atoms with E-state index in [1.807, 2.05) is 6.07 Å². The summed E-state index contributed by atoms with van der Waals surface area (Å²) in [5.41, 5.74) is 6.18. The van der Waals surface area contributed by atoms with Crippen molar-refractivity contribution in [2.45, 2.75) is 31.7 Å². The van der Waals surface area contributed by atoms with Gasteiger partial charge in [0.25, 0.3) is 0 Å². The Kier molecular flexibility index (Phi) is 4.15. The Hall–Kier alpha value is -1.62. The molecule has 0 aromatic carbocycles. The molecule has 0 spiro atoms. The smallest absolute Gasteiger partial charge is 0.129 e. The van der Waals surface area contributed by atoms with Gasteiger partial charge in [0.15, 0.2) is 0 Å². The Morgan fingerprint density at radius 1 is 1.50 bits per heavy atom. The molecule has 0 bridgehead atoms. The second kappa shape index (κ2) is 5.82. The Balaban J connectivity index is 2.26. The van der Waals surface area contributed by atoms with Crippen LogP contribution in [-0.2, 0) is 0 Å². The monoisotopic (exact) mass is 248 g/mol. The molecule has 1 unspecified atom stereocenters. The molecule has 18 heavy (non-hydrogen) atoms. The van der Waals surface area contributed by atoms with Gasteiger partial charge in [-0.25, -0.2) is 4.98 Å². The summed E-state index contributed by atoms with van der Waals surface area (Å²) in [6.45, 7) is 1.05. The van der Waals surface area contributed by atoms with Crippen molar-refractivity contribution >= 4 is 11.7 Å². The fourth-order valence-electron chi connectivity index (χ4n) is 2.41. The maximum absolute atomic E-state index is 9.49. The summed E-state index contributed by atoms with van der Waals surface area (Å²) in [6, 6.07) is 3.69. The molecule has 0 amide bonds. The largest absolute Gasteiger partial charge is 0.394 e. The van der Waals surface area contributed by atoms with E-state index < -0.39 is 0 Å². The number of rotatable bonds is 3. The summed E-state index contributed by atoms with van der Waals surface area (Å²) in [7, 11) is 0. The molecule has 5 nitrogen and oxygen atoms in total. The van der Waals surface area contributed by atoms with Crippen LogP contribution in [0, 0.1) is 5.41 Å². The molecule has 1 fully saturated rings. The summed E-state index contributed by atoms with van der Waals surface area (Å²) in [5.74, 6) is 0.859. The van der Waals surface area contributed by atoms with Gasteiger partial charge in [0.05, 0.1) is 12.6 Å². The number of amidine groups is 1. The SMILES string of the molecule is N=C(N)c1ccnc(N2CCCCCC2CO)c1. The molecule has 2 heterocycles. The van der Waals surface area contributed by atoms with Crippen LogP contribution in [0.2, 0.25) is 0 Å². The van der Waals surface area contributed by atoms with Crippen LogP contribution in [0.3, 0.4) is 0 Å². The normalized spacial score (nSPS) is 20.5. The highest BCUT2D eigenvalue weighted by Crippen LogP contribution is 2.22. The lowest BCUT2D eigenvalue weighted by Crippen LogP contribution is -2.38. The molecule has 1 aromatic rings. The number of nitrogens with one attached hydrogen (secondary N) is 1. The van der Waals surface area contributed by atoms with Gasteiger partial charge >= 0.3 is 0 Å². The predicted molar refractivity (Wildman–Crippen MR) is 71.9 cm³/mol. The minimum Gasteiger partial charge on any atom is -0.394 e. The number of hydrogen-bond acceptors (Lipinski definition) is 4. The van der Waals surface area contributed by atoms with Crippen LogP contribution in [-0.4, -0.2) is 35.1 Å². The number of aromatic nitrogens is 1. The lowest BCUT2D eigenvalue weighted by Gasteiger charge is -2.29. The number of nitrogens with two attached hydrogens (primary N) is 1. The third kappa shape index (κ3) is 2.79. The highest BCUT2D eigenvalue weighted by Gasteiger charge is 2.21. The van der Waals surface area contributed by atoms with E-state index in [4.69, 9.17) is 11.1 Å². The molecular formula is C13H20N4O. The minimum atomic E-state index is 0.0500. The quantitative estimate of drug-likeness (QED) is 0.552.